The zero-order chi connectivity index (χ0) is 13.9. The van der Waals surface area contributed by atoms with Crippen LogP contribution in [0.1, 0.15) is 38.4 Å². The van der Waals surface area contributed by atoms with E-state index in [1.54, 1.807) is 11.8 Å². The molecule has 0 radical (unpaired) electrons. The molecule has 0 fully saturated rings. The minimum absolute atomic E-state index is 0.109. The predicted octanol–water partition coefficient (Wildman–Crippen LogP) is 2.91. The molecule has 0 aliphatic rings. The first-order chi connectivity index (χ1) is 8.99. The Labute approximate surface area is 120 Å². The molecule has 8 heteroatoms. The summed E-state index contributed by atoms with van der Waals surface area (Å²) in [4.78, 5) is 4.35. The van der Waals surface area contributed by atoms with Gasteiger partial charge in [-0.1, -0.05) is 37.7 Å². The highest BCUT2D eigenvalue weighted by atomic mass is 32.2. The molecule has 0 aliphatic heterocycles. The zero-order valence-electron chi connectivity index (χ0n) is 11.3. The molecule has 0 bridgehead atoms. The van der Waals surface area contributed by atoms with E-state index in [4.69, 9.17) is 8.94 Å². The maximum absolute atomic E-state index is 5.45. The molecule has 0 saturated heterocycles. The van der Waals surface area contributed by atoms with Gasteiger partial charge in [-0.2, -0.15) is 16.7 Å². The van der Waals surface area contributed by atoms with E-state index < -0.39 is 0 Å². The lowest BCUT2D eigenvalue weighted by Crippen LogP contribution is -2.13. The van der Waals surface area contributed by atoms with E-state index in [1.807, 2.05) is 27.0 Å². The molecule has 0 amide bonds. The zero-order valence-corrected chi connectivity index (χ0v) is 13.0. The minimum Gasteiger partial charge on any atom is -0.415 e. The van der Waals surface area contributed by atoms with Crippen molar-refractivity contribution in [1.29, 1.82) is 0 Å². The minimum atomic E-state index is -0.109. The first-order valence-corrected chi connectivity index (χ1v) is 8.14. The third-order valence-corrected chi connectivity index (χ3v) is 3.51. The van der Waals surface area contributed by atoms with Gasteiger partial charge in [0.05, 0.1) is 11.5 Å². The average Bonchev–Trinajstić information content (AvgIpc) is 2.94. The Kier molecular flexibility index (Phi) is 4.51. The van der Waals surface area contributed by atoms with Gasteiger partial charge in [0.2, 0.25) is 11.8 Å². The quantitative estimate of drug-likeness (QED) is 0.780. The summed E-state index contributed by atoms with van der Waals surface area (Å²) in [7, 11) is 0. The Bertz CT molecular complexity index is 533. The van der Waals surface area contributed by atoms with Crippen LogP contribution in [0.3, 0.4) is 0 Å². The molecule has 2 rings (SSSR count). The summed E-state index contributed by atoms with van der Waals surface area (Å²) < 4.78 is 10.6. The van der Waals surface area contributed by atoms with Crippen molar-refractivity contribution in [3.8, 4) is 0 Å². The number of rotatable bonds is 5. The second-order valence-corrected chi connectivity index (χ2v) is 6.74. The van der Waals surface area contributed by atoms with Crippen LogP contribution in [0.4, 0.5) is 0 Å². The first kappa shape index (κ1) is 14.4. The SMILES string of the molecule is CSCc1nnc(SCc2nc(C(C)(C)C)no2)o1. The summed E-state index contributed by atoms with van der Waals surface area (Å²) in [6, 6.07) is 0. The molecule has 0 aliphatic carbocycles. The van der Waals surface area contributed by atoms with Crippen LogP contribution in [0, 0.1) is 0 Å². The van der Waals surface area contributed by atoms with E-state index in [1.165, 1.54) is 11.8 Å². The van der Waals surface area contributed by atoms with Crippen LogP contribution in [0.2, 0.25) is 0 Å². The summed E-state index contributed by atoms with van der Waals surface area (Å²) in [6.45, 7) is 6.13. The van der Waals surface area contributed by atoms with Crippen molar-refractivity contribution < 1.29 is 8.94 Å². The standard InChI is InChI=1S/C11H16N4O2S2/c1-11(2,3)9-12-7(17-15-9)6-19-10-14-13-8(16-10)5-18-4/h5-6H2,1-4H3. The molecular formula is C11H16N4O2S2. The molecule has 2 aromatic rings. The maximum atomic E-state index is 5.45. The van der Waals surface area contributed by atoms with E-state index >= 15 is 0 Å². The van der Waals surface area contributed by atoms with Crippen molar-refractivity contribution in [2.45, 2.75) is 42.9 Å². The highest BCUT2D eigenvalue weighted by Crippen LogP contribution is 2.24. The Hall–Kier alpha value is -1.02. The van der Waals surface area contributed by atoms with E-state index in [0.29, 0.717) is 28.6 Å². The van der Waals surface area contributed by atoms with E-state index in [2.05, 4.69) is 20.3 Å². The van der Waals surface area contributed by atoms with Crippen LogP contribution in [-0.4, -0.2) is 26.6 Å². The third kappa shape index (κ3) is 3.97. The van der Waals surface area contributed by atoms with E-state index in [-0.39, 0.29) is 5.41 Å². The van der Waals surface area contributed by atoms with Crippen LogP contribution in [-0.2, 0) is 16.9 Å². The highest BCUT2D eigenvalue weighted by molar-refractivity contribution is 7.98. The van der Waals surface area contributed by atoms with Crippen LogP contribution in [0.5, 0.6) is 0 Å². The van der Waals surface area contributed by atoms with E-state index in [0.717, 1.165) is 5.75 Å². The lowest BCUT2D eigenvalue weighted by molar-refractivity contribution is 0.372. The number of hydrogen-bond donors (Lipinski definition) is 0. The summed E-state index contributed by atoms with van der Waals surface area (Å²) in [5.41, 5.74) is -0.109. The van der Waals surface area contributed by atoms with Crippen LogP contribution < -0.4 is 0 Å². The number of hydrogen-bond acceptors (Lipinski definition) is 8. The smallest absolute Gasteiger partial charge is 0.277 e. The van der Waals surface area contributed by atoms with Crippen LogP contribution in [0.25, 0.3) is 0 Å². The molecule has 0 spiro atoms. The third-order valence-electron chi connectivity index (χ3n) is 2.17. The molecular weight excluding hydrogens is 284 g/mol. The molecule has 0 unspecified atom stereocenters. The van der Waals surface area contributed by atoms with Crippen molar-refractivity contribution in [3.05, 3.63) is 17.6 Å². The van der Waals surface area contributed by atoms with Crippen molar-refractivity contribution in [2.75, 3.05) is 6.26 Å². The van der Waals surface area contributed by atoms with Gasteiger partial charge in [-0.25, -0.2) is 0 Å². The second-order valence-electron chi connectivity index (χ2n) is 4.95. The molecule has 0 aromatic carbocycles. The molecule has 0 atom stereocenters. The Balaban J connectivity index is 1.93. The largest absolute Gasteiger partial charge is 0.415 e. The van der Waals surface area contributed by atoms with Gasteiger partial charge >= 0.3 is 0 Å². The number of nitrogens with zero attached hydrogens (tertiary/aromatic N) is 4. The highest BCUT2D eigenvalue weighted by Gasteiger charge is 2.21. The molecule has 0 N–H and O–H groups in total. The summed E-state index contributed by atoms with van der Waals surface area (Å²) in [5, 5.41) is 12.4. The van der Waals surface area contributed by atoms with Gasteiger partial charge in [-0.3, -0.25) is 0 Å². The molecule has 19 heavy (non-hydrogen) atoms. The number of thioether (sulfide) groups is 2. The lowest BCUT2D eigenvalue weighted by atomic mass is 9.96. The molecule has 2 heterocycles. The van der Waals surface area contributed by atoms with Gasteiger partial charge in [0.1, 0.15) is 0 Å². The molecule has 0 saturated carbocycles. The predicted molar refractivity (Wildman–Crippen MR) is 74.1 cm³/mol. The molecule has 104 valence electrons. The van der Waals surface area contributed by atoms with E-state index in [9.17, 15) is 0 Å². The van der Waals surface area contributed by atoms with Crippen LogP contribution >= 0.6 is 23.5 Å². The Morgan fingerprint density at radius 3 is 2.53 bits per heavy atom. The molecule has 2 aromatic heterocycles. The van der Waals surface area contributed by atoms with Crippen molar-refractivity contribution in [3.63, 3.8) is 0 Å². The van der Waals surface area contributed by atoms with Crippen molar-refractivity contribution >= 4 is 23.5 Å². The van der Waals surface area contributed by atoms with Crippen LogP contribution in [0.15, 0.2) is 14.2 Å². The fourth-order valence-corrected chi connectivity index (χ4v) is 2.20. The van der Waals surface area contributed by atoms with Gasteiger partial charge in [0.25, 0.3) is 5.22 Å². The van der Waals surface area contributed by atoms with Crippen molar-refractivity contribution in [1.82, 2.24) is 20.3 Å². The van der Waals surface area contributed by atoms with Crippen molar-refractivity contribution in [2.24, 2.45) is 0 Å². The number of aromatic nitrogens is 4. The fraction of sp³-hybridized carbons (Fsp3) is 0.636. The van der Waals surface area contributed by atoms with Gasteiger partial charge in [-0.15, -0.1) is 10.2 Å². The van der Waals surface area contributed by atoms with Gasteiger partial charge in [-0.05, 0) is 6.26 Å². The average molecular weight is 300 g/mol. The second kappa shape index (κ2) is 5.96. The fourth-order valence-electron chi connectivity index (χ4n) is 1.22. The van der Waals surface area contributed by atoms with Gasteiger partial charge in [0.15, 0.2) is 5.82 Å². The Morgan fingerprint density at radius 2 is 1.89 bits per heavy atom. The van der Waals surface area contributed by atoms with Gasteiger partial charge in [0, 0.05) is 5.41 Å². The summed E-state index contributed by atoms with van der Waals surface area (Å²) >= 11 is 3.04. The van der Waals surface area contributed by atoms with Gasteiger partial charge < -0.3 is 8.94 Å². The monoisotopic (exact) mass is 300 g/mol. The topological polar surface area (TPSA) is 77.8 Å². The summed E-state index contributed by atoms with van der Waals surface area (Å²) in [5.74, 6) is 3.17. The normalized spacial score (nSPS) is 12.0. The lowest BCUT2D eigenvalue weighted by Gasteiger charge is -2.10. The summed E-state index contributed by atoms with van der Waals surface area (Å²) in [6.07, 6.45) is 1.99. The molecule has 6 nitrogen and oxygen atoms in total. The maximum Gasteiger partial charge on any atom is 0.277 e. The Morgan fingerprint density at radius 1 is 1.11 bits per heavy atom. The first-order valence-electron chi connectivity index (χ1n) is 5.76.